The maximum Gasteiger partial charge on any atom is 0.164 e. The maximum atomic E-state index is 5.77. The Morgan fingerprint density at radius 2 is 2.15 bits per heavy atom. The van der Waals surface area contributed by atoms with Crippen LogP contribution in [-0.4, -0.2) is 9.78 Å². The molecule has 2 N–H and O–H groups in total. The SMILES string of the molecule is CC(C)(C)CCn1cc(Cl)c(N)n1. The number of nitrogens with two attached hydrogens (primary N) is 1. The van der Waals surface area contributed by atoms with Gasteiger partial charge in [0.25, 0.3) is 0 Å². The Labute approximate surface area is 83.9 Å². The first-order valence-corrected chi connectivity index (χ1v) is 4.75. The molecule has 0 saturated heterocycles. The molecule has 0 aromatic carbocycles. The molecule has 1 rings (SSSR count). The molecule has 0 fully saturated rings. The van der Waals surface area contributed by atoms with Gasteiger partial charge in [-0.25, -0.2) is 0 Å². The number of aryl methyl sites for hydroxylation is 1. The van der Waals surface area contributed by atoms with Crippen LogP contribution in [0.25, 0.3) is 0 Å². The second-order valence-electron chi connectivity index (χ2n) is 4.44. The van der Waals surface area contributed by atoms with E-state index in [0.29, 0.717) is 16.3 Å². The van der Waals surface area contributed by atoms with Crippen molar-refractivity contribution in [3.05, 3.63) is 11.2 Å². The van der Waals surface area contributed by atoms with Crippen molar-refractivity contribution in [2.75, 3.05) is 5.73 Å². The molecule has 0 bridgehead atoms. The van der Waals surface area contributed by atoms with Gasteiger partial charge in [-0.2, -0.15) is 5.10 Å². The van der Waals surface area contributed by atoms with Crippen LogP contribution in [0.5, 0.6) is 0 Å². The molecular formula is C9H16ClN3. The molecule has 1 aromatic heterocycles. The Kier molecular flexibility index (Phi) is 2.86. The minimum Gasteiger partial charge on any atom is -0.381 e. The monoisotopic (exact) mass is 201 g/mol. The van der Waals surface area contributed by atoms with Crippen LogP contribution >= 0.6 is 11.6 Å². The van der Waals surface area contributed by atoms with Gasteiger partial charge >= 0.3 is 0 Å². The van der Waals surface area contributed by atoms with Gasteiger partial charge in [0.15, 0.2) is 5.82 Å². The van der Waals surface area contributed by atoms with E-state index in [9.17, 15) is 0 Å². The number of nitrogens with zero attached hydrogens (tertiary/aromatic N) is 2. The van der Waals surface area contributed by atoms with Crippen LogP contribution in [0.15, 0.2) is 6.20 Å². The van der Waals surface area contributed by atoms with Crippen molar-refractivity contribution in [2.45, 2.75) is 33.7 Å². The summed E-state index contributed by atoms with van der Waals surface area (Å²) in [7, 11) is 0. The van der Waals surface area contributed by atoms with E-state index < -0.39 is 0 Å². The van der Waals surface area contributed by atoms with E-state index in [1.807, 2.05) is 0 Å². The molecule has 0 aliphatic rings. The zero-order valence-electron chi connectivity index (χ0n) is 8.34. The quantitative estimate of drug-likeness (QED) is 0.799. The van der Waals surface area contributed by atoms with E-state index in [0.717, 1.165) is 13.0 Å². The first kappa shape index (κ1) is 10.4. The molecule has 1 aromatic rings. The zero-order valence-corrected chi connectivity index (χ0v) is 9.10. The molecule has 0 spiro atoms. The highest BCUT2D eigenvalue weighted by atomic mass is 35.5. The molecule has 0 radical (unpaired) electrons. The highest BCUT2D eigenvalue weighted by molar-refractivity contribution is 6.32. The molecule has 0 saturated carbocycles. The number of rotatable bonds is 2. The Morgan fingerprint density at radius 3 is 2.54 bits per heavy atom. The zero-order chi connectivity index (χ0) is 10.1. The number of hydrogen-bond acceptors (Lipinski definition) is 2. The molecular weight excluding hydrogens is 186 g/mol. The smallest absolute Gasteiger partial charge is 0.164 e. The molecule has 0 aliphatic carbocycles. The number of nitrogen functional groups attached to an aromatic ring is 1. The van der Waals surface area contributed by atoms with Crippen LogP contribution in [0.3, 0.4) is 0 Å². The number of aromatic nitrogens is 2. The second-order valence-corrected chi connectivity index (χ2v) is 4.84. The average molecular weight is 202 g/mol. The van der Waals surface area contributed by atoms with Gasteiger partial charge in [-0.15, -0.1) is 0 Å². The fourth-order valence-corrected chi connectivity index (χ4v) is 1.13. The number of hydrogen-bond donors (Lipinski definition) is 1. The fraction of sp³-hybridized carbons (Fsp3) is 0.667. The van der Waals surface area contributed by atoms with Gasteiger partial charge in [0.05, 0.1) is 0 Å². The van der Waals surface area contributed by atoms with Gasteiger partial charge in [0, 0.05) is 12.7 Å². The Hall–Kier alpha value is -0.700. The first-order chi connectivity index (χ1) is 5.88. The predicted octanol–water partition coefficient (Wildman–Crippen LogP) is 2.55. The molecule has 0 amide bonds. The van der Waals surface area contributed by atoms with E-state index in [1.165, 1.54) is 0 Å². The van der Waals surface area contributed by atoms with Gasteiger partial charge < -0.3 is 5.73 Å². The summed E-state index contributed by atoms with van der Waals surface area (Å²) in [4.78, 5) is 0. The van der Waals surface area contributed by atoms with Gasteiger partial charge in [0.2, 0.25) is 0 Å². The Bertz CT molecular complexity index is 266. The van der Waals surface area contributed by atoms with E-state index in [1.54, 1.807) is 10.9 Å². The molecule has 74 valence electrons. The van der Waals surface area contributed by atoms with Crippen LogP contribution in [-0.2, 0) is 6.54 Å². The number of anilines is 1. The summed E-state index contributed by atoms with van der Waals surface area (Å²) < 4.78 is 1.79. The molecule has 4 heteroatoms. The topological polar surface area (TPSA) is 43.8 Å². The summed E-state index contributed by atoms with van der Waals surface area (Å²) in [6, 6.07) is 0. The standard InChI is InChI=1S/C9H16ClN3/c1-9(2,3)4-5-13-6-7(10)8(11)12-13/h6H,4-5H2,1-3H3,(H2,11,12). The van der Waals surface area contributed by atoms with Crippen molar-refractivity contribution < 1.29 is 0 Å². The molecule has 0 aliphatic heterocycles. The summed E-state index contributed by atoms with van der Waals surface area (Å²) in [5, 5.41) is 4.61. The lowest BCUT2D eigenvalue weighted by molar-refractivity contribution is 0.341. The van der Waals surface area contributed by atoms with Crippen LogP contribution in [0.4, 0.5) is 5.82 Å². The van der Waals surface area contributed by atoms with Gasteiger partial charge in [0.1, 0.15) is 5.02 Å². The van der Waals surface area contributed by atoms with Crippen LogP contribution in [0.2, 0.25) is 5.02 Å². The molecule has 0 unspecified atom stereocenters. The van der Waals surface area contributed by atoms with Crippen LogP contribution < -0.4 is 5.73 Å². The molecule has 13 heavy (non-hydrogen) atoms. The Morgan fingerprint density at radius 1 is 1.54 bits per heavy atom. The van der Waals surface area contributed by atoms with Gasteiger partial charge in [-0.05, 0) is 11.8 Å². The Balaban J connectivity index is 2.56. The summed E-state index contributed by atoms with van der Waals surface area (Å²) in [5.74, 6) is 0.413. The predicted molar refractivity (Wildman–Crippen MR) is 55.7 cm³/mol. The lowest BCUT2D eigenvalue weighted by Gasteiger charge is -2.17. The molecule has 1 heterocycles. The first-order valence-electron chi connectivity index (χ1n) is 4.37. The summed E-state index contributed by atoms with van der Waals surface area (Å²) in [6.07, 6.45) is 2.83. The third-order valence-electron chi connectivity index (χ3n) is 1.83. The third kappa shape index (κ3) is 3.27. The summed E-state index contributed by atoms with van der Waals surface area (Å²) >= 11 is 5.77. The van der Waals surface area contributed by atoms with E-state index >= 15 is 0 Å². The van der Waals surface area contributed by atoms with Crippen molar-refractivity contribution in [1.82, 2.24) is 9.78 Å². The third-order valence-corrected chi connectivity index (χ3v) is 2.13. The summed E-state index contributed by atoms with van der Waals surface area (Å²) in [5.41, 5.74) is 5.83. The van der Waals surface area contributed by atoms with Gasteiger partial charge in [-0.1, -0.05) is 32.4 Å². The van der Waals surface area contributed by atoms with E-state index in [-0.39, 0.29) is 0 Å². The van der Waals surface area contributed by atoms with Crippen molar-refractivity contribution in [2.24, 2.45) is 5.41 Å². The minimum absolute atomic E-state index is 0.313. The van der Waals surface area contributed by atoms with Crippen molar-refractivity contribution in [3.63, 3.8) is 0 Å². The van der Waals surface area contributed by atoms with E-state index in [2.05, 4.69) is 25.9 Å². The van der Waals surface area contributed by atoms with Crippen molar-refractivity contribution in [3.8, 4) is 0 Å². The molecule has 0 atom stereocenters. The lowest BCUT2D eigenvalue weighted by atomic mass is 9.92. The fourth-order valence-electron chi connectivity index (χ4n) is 0.976. The summed E-state index contributed by atoms with van der Waals surface area (Å²) in [6.45, 7) is 7.45. The highest BCUT2D eigenvalue weighted by Crippen LogP contribution is 2.21. The van der Waals surface area contributed by atoms with Gasteiger partial charge in [-0.3, -0.25) is 4.68 Å². The average Bonchev–Trinajstić information content (AvgIpc) is 2.27. The van der Waals surface area contributed by atoms with Crippen molar-refractivity contribution in [1.29, 1.82) is 0 Å². The van der Waals surface area contributed by atoms with Crippen LogP contribution in [0.1, 0.15) is 27.2 Å². The molecule has 3 nitrogen and oxygen atoms in total. The lowest BCUT2D eigenvalue weighted by Crippen LogP contribution is -2.10. The highest BCUT2D eigenvalue weighted by Gasteiger charge is 2.11. The van der Waals surface area contributed by atoms with Crippen molar-refractivity contribution >= 4 is 17.4 Å². The van der Waals surface area contributed by atoms with E-state index in [4.69, 9.17) is 17.3 Å². The largest absolute Gasteiger partial charge is 0.381 e. The second kappa shape index (κ2) is 3.58. The minimum atomic E-state index is 0.313. The van der Waals surface area contributed by atoms with Crippen LogP contribution in [0, 0.1) is 5.41 Å². The number of halogens is 1. The maximum absolute atomic E-state index is 5.77. The normalized spacial score (nSPS) is 12.0.